The molecule has 1 aliphatic carbocycles. The molecule has 0 aromatic carbocycles. The molecule has 7 nitrogen and oxygen atoms in total. The molecule has 9 heteroatoms. The van der Waals surface area contributed by atoms with E-state index in [9.17, 15) is 9.59 Å². The van der Waals surface area contributed by atoms with E-state index in [1.54, 1.807) is 35.3 Å². The van der Waals surface area contributed by atoms with E-state index in [1.807, 2.05) is 0 Å². The van der Waals surface area contributed by atoms with Crippen LogP contribution in [-0.4, -0.2) is 25.3 Å². The summed E-state index contributed by atoms with van der Waals surface area (Å²) in [6.45, 7) is 2.17. The first kappa shape index (κ1) is 16.5. The van der Waals surface area contributed by atoms with Crippen molar-refractivity contribution in [2.45, 2.75) is 39.2 Å². The van der Waals surface area contributed by atoms with E-state index in [0.717, 1.165) is 34.1 Å². The molecular formula is C16H16BrN5O2S. The average Bonchev–Trinajstić information content (AvgIpc) is 3.25. The van der Waals surface area contributed by atoms with E-state index in [0.29, 0.717) is 17.8 Å². The molecule has 3 aromatic heterocycles. The van der Waals surface area contributed by atoms with Gasteiger partial charge < -0.3 is 0 Å². The molecule has 4 rings (SSSR count). The minimum atomic E-state index is -0.246. The Morgan fingerprint density at radius 2 is 2.28 bits per heavy atom. The summed E-state index contributed by atoms with van der Waals surface area (Å²) in [6.07, 6.45) is 6.70. The predicted octanol–water partition coefficient (Wildman–Crippen LogP) is 2.37. The van der Waals surface area contributed by atoms with Crippen molar-refractivity contribution >= 4 is 43.4 Å². The maximum atomic E-state index is 12.9. The van der Waals surface area contributed by atoms with Crippen LogP contribution < -0.4 is 11.0 Å². The van der Waals surface area contributed by atoms with Gasteiger partial charge in [-0.05, 0) is 47.7 Å². The first-order valence-corrected chi connectivity index (χ1v) is 9.65. The van der Waals surface area contributed by atoms with Crippen LogP contribution in [0.5, 0.6) is 0 Å². The van der Waals surface area contributed by atoms with Crippen LogP contribution in [0.1, 0.15) is 29.1 Å². The third kappa shape index (κ3) is 3.02. The van der Waals surface area contributed by atoms with Gasteiger partial charge in [-0.15, -0.1) is 11.3 Å². The molecule has 0 spiro atoms. The van der Waals surface area contributed by atoms with Crippen LogP contribution in [-0.2, 0) is 24.2 Å². The molecule has 0 bridgehead atoms. The summed E-state index contributed by atoms with van der Waals surface area (Å²) in [6, 6.07) is 0. The number of carbonyl (C=O) groups excluding carboxylic acids is 1. The van der Waals surface area contributed by atoms with Crippen LogP contribution in [0.3, 0.4) is 0 Å². The zero-order valence-corrected chi connectivity index (χ0v) is 16.0. The minimum Gasteiger partial charge on any atom is -0.273 e. The number of fused-ring (bicyclic) bond motifs is 3. The summed E-state index contributed by atoms with van der Waals surface area (Å²) in [5, 5.41) is 4.78. The zero-order valence-electron chi connectivity index (χ0n) is 13.6. The van der Waals surface area contributed by atoms with Crippen molar-refractivity contribution in [2.24, 2.45) is 0 Å². The fourth-order valence-electron chi connectivity index (χ4n) is 3.13. The van der Waals surface area contributed by atoms with E-state index < -0.39 is 0 Å². The fraction of sp³-hybridized carbons (Fsp3) is 0.375. The van der Waals surface area contributed by atoms with Crippen molar-refractivity contribution in [3.63, 3.8) is 0 Å². The summed E-state index contributed by atoms with van der Waals surface area (Å²) in [7, 11) is 0. The summed E-state index contributed by atoms with van der Waals surface area (Å²) in [5.74, 6) is 0.248. The number of nitrogens with one attached hydrogen (secondary N) is 1. The van der Waals surface area contributed by atoms with Crippen molar-refractivity contribution in [3.05, 3.63) is 43.5 Å². The maximum absolute atomic E-state index is 12.9. The number of halogens is 1. The Bertz CT molecular complexity index is 1040. The monoisotopic (exact) mass is 421 g/mol. The highest BCUT2D eigenvalue weighted by atomic mass is 79.9. The molecule has 130 valence electrons. The van der Waals surface area contributed by atoms with E-state index in [-0.39, 0.29) is 17.9 Å². The maximum Gasteiger partial charge on any atom is 0.281 e. The van der Waals surface area contributed by atoms with Gasteiger partial charge in [-0.25, -0.2) is 9.66 Å². The highest BCUT2D eigenvalue weighted by Crippen LogP contribution is 2.34. The molecule has 0 unspecified atom stereocenters. The fourth-order valence-corrected chi connectivity index (χ4v) is 4.76. The van der Waals surface area contributed by atoms with Crippen LogP contribution in [0.2, 0.25) is 0 Å². The Morgan fingerprint density at radius 1 is 1.44 bits per heavy atom. The van der Waals surface area contributed by atoms with Crippen LogP contribution in [0.15, 0.2) is 21.7 Å². The average molecular weight is 422 g/mol. The van der Waals surface area contributed by atoms with E-state index in [1.165, 1.54) is 9.55 Å². The smallest absolute Gasteiger partial charge is 0.273 e. The summed E-state index contributed by atoms with van der Waals surface area (Å²) >= 11 is 4.92. The number of hydrogen-bond acceptors (Lipinski definition) is 5. The molecule has 0 radical (unpaired) electrons. The number of amides is 1. The second-order valence-corrected chi connectivity index (χ2v) is 8.04. The standard InChI is InChI=1S/C16H16BrN5O2S/c1-9-19-15-14(11-3-2-4-12(11)25-15)16(24)22(9)20-13(23)5-6-21-8-10(17)7-18-21/h7-8H,2-6H2,1H3,(H,20,23). The molecule has 1 amide bonds. The molecule has 1 N–H and O–H groups in total. The number of thiophene rings is 1. The van der Waals surface area contributed by atoms with Crippen molar-refractivity contribution in [1.82, 2.24) is 19.4 Å². The van der Waals surface area contributed by atoms with Gasteiger partial charge in [-0.2, -0.15) is 5.10 Å². The number of aromatic nitrogens is 4. The van der Waals surface area contributed by atoms with E-state index in [4.69, 9.17) is 0 Å². The quantitative estimate of drug-likeness (QED) is 0.700. The van der Waals surface area contributed by atoms with Crippen molar-refractivity contribution < 1.29 is 4.79 Å². The largest absolute Gasteiger partial charge is 0.281 e. The number of carbonyl (C=O) groups is 1. The molecule has 3 aromatic rings. The normalized spacial score (nSPS) is 13.4. The molecule has 25 heavy (non-hydrogen) atoms. The molecule has 0 fully saturated rings. The summed E-state index contributed by atoms with van der Waals surface area (Å²) in [4.78, 5) is 31.7. The van der Waals surface area contributed by atoms with Crippen molar-refractivity contribution in [1.29, 1.82) is 0 Å². The van der Waals surface area contributed by atoms with Crippen molar-refractivity contribution in [2.75, 3.05) is 5.43 Å². The van der Waals surface area contributed by atoms with Gasteiger partial charge in [0.25, 0.3) is 5.56 Å². The first-order chi connectivity index (χ1) is 12.0. The Labute approximate surface area is 155 Å². The molecule has 0 saturated carbocycles. The highest BCUT2D eigenvalue weighted by Gasteiger charge is 2.22. The van der Waals surface area contributed by atoms with Gasteiger partial charge in [0.2, 0.25) is 5.91 Å². The second-order valence-electron chi connectivity index (χ2n) is 6.04. The molecule has 3 heterocycles. The van der Waals surface area contributed by atoms with Gasteiger partial charge in [-0.1, -0.05) is 0 Å². The predicted molar refractivity (Wildman–Crippen MR) is 99.6 cm³/mol. The van der Waals surface area contributed by atoms with Crippen LogP contribution in [0, 0.1) is 6.92 Å². The lowest BCUT2D eigenvalue weighted by Crippen LogP contribution is -2.35. The van der Waals surface area contributed by atoms with Crippen LogP contribution >= 0.6 is 27.3 Å². The Hall–Kier alpha value is -2.00. The molecule has 1 aliphatic rings. The number of nitrogens with zero attached hydrogens (tertiary/aromatic N) is 4. The molecule has 0 aliphatic heterocycles. The number of rotatable bonds is 4. The lowest BCUT2D eigenvalue weighted by Gasteiger charge is -2.11. The third-order valence-electron chi connectivity index (χ3n) is 4.31. The number of hydrogen-bond donors (Lipinski definition) is 1. The third-order valence-corrected chi connectivity index (χ3v) is 5.91. The SMILES string of the molecule is Cc1nc2sc3c(c2c(=O)n1NC(=O)CCn1cc(Br)cn1)CCC3. The lowest BCUT2D eigenvalue weighted by molar-refractivity contribution is -0.117. The highest BCUT2D eigenvalue weighted by molar-refractivity contribution is 9.10. The summed E-state index contributed by atoms with van der Waals surface area (Å²) < 4.78 is 3.81. The van der Waals surface area contributed by atoms with Gasteiger partial charge in [0.1, 0.15) is 10.7 Å². The number of aryl methyl sites for hydroxylation is 4. The van der Waals surface area contributed by atoms with Gasteiger partial charge in [0, 0.05) is 24.0 Å². The van der Waals surface area contributed by atoms with E-state index >= 15 is 0 Å². The molecule has 0 atom stereocenters. The van der Waals surface area contributed by atoms with Crippen LogP contribution in [0.4, 0.5) is 0 Å². The van der Waals surface area contributed by atoms with Gasteiger partial charge in [0.15, 0.2) is 0 Å². The van der Waals surface area contributed by atoms with Crippen molar-refractivity contribution in [3.8, 4) is 0 Å². The Morgan fingerprint density at radius 3 is 3.04 bits per heavy atom. The first-order valence-electron chi connectivity index (χ1n) is 8.04. The molecule has 0 saturated heterocycles. The topological polar surface area (TPSA) is 81.8 Å². The zero-order chi connectivity index (χ0) is 17.6. The van der Waals surface area contributed by atoms with Gasteiger partial charge in [0.05, 0.1) is 16.1 Å². The van der Waals surface area contributed by atoms with Gasteiger partial charge in [-0.3, -0.25) is 19.7 Å². The minimum absolute atomic E-state index is 0.183. The molecular weight excluding hydrogens is 406 g/mol. The summed E-state index contributed by atoms with van der Waals surface area (Å²) in [5.41, 5.74) is 3.61. The van der Waals surface area contributed by atoms with Crippen LogP contribution in [0.25, 0.3) is 10.2 Å². The van der Waals surface area contributed by atoms with Gasteiger partial charge >= 0.3 is 0 Å². The Balaban J connectivity index is 1.58. The lowest BCUT2D eigenvalue weighted by atomic mass is 10.2. The Kier molecular flexibility index (Phi) is 4.20. The van der Waals surface area contributed by atoms with E-state index in [2.05, 4.69) is 31.4 Å². The second kappa shape index (κ2) is 6.38.